The molecule has 8 nitrogen and oxygen atoms in total. The van der Waals surface area contributed by atoms with Crippen molar-refractivity contribution < 1.29 is 19.2 Å². The van der Waals surface area contributed by atoms with E-state index in [4.69, 9.17) is 0 Å². The number of nitrogens with zero attached hydrogens (tertiary/aromatic N) is 4. The van der Waals surface area contributed by atoms with Crippen molar-refractivity contribution >= 4 is 66.9 Å². The van der Waals surface area contributed by atoms with Crippen molar-refractivity contribution in [3.63, 3.8) is 0 Å². The second-order valence-electron chi connectivity index (χ2n) is 8.60. The van der Waals surface area contributed by atoms with Gasteiger partial charge in [0.15, 0.2) is 0 Å². The Morgan fingerprint density at radius 2 is 0.882 bits per heavy atom. The van der Waals surface area contributed by atoms with Crippen LogP contribution in [-0.2, 0) is 19.2 Å². The summed E-state index contributed by atoms with van der Waals surface area (Å²) in [5.41, 5.74) is 1.14. The number of carbonyl (C=O) groups excluding carboxylic acids is 4. The molecule has 2 aromatic carbocycles. The number of imide groups is 2. The highest BCUT2D eigenvalue weighted by Gasteiger charge is 2.46. The summed E-state index contributed by atoms with van der Waals surface area (Å²) in [7, 11) is 0. The van der Waals surface area contributed by atoms with E-state index in [0.29, 0.717) is 37.6 Å². The molecule has 0 aliphatic carbocycles. The lowest BCUT2D eigenvalue weighted by molar-refractivity contribution is -0.126. The number of hydrogen-bond acceptors (Lipinski definition) is 6. The van der Waals surface area contributed by atoms with Gasteiger partial charge in [0, 0.05) is 35.1 Å². The predicted octanol–water partition coefficient (Wildman–Crippen LogP) is 2.79. The van der Waals surface area contributed by atoms with Crippen molar-refractivity contribution in [3.05, 3.63) is 57.5 Å². The Kier molecular flexibility index (Phi) is 6.41. The van der Waals surface area contributed by atoms with Crippen molar-refractivity contribution in [1.82, 2.24) is 9.80 Å². The molecule has 3 saturated heterocycles. The van der Waals surface area contributed by atoms with Gasteiger partial charge in [-0.1, -0.05) is 31.9 Å². The van der Waals surface area contributed by atoms with Gasteiger partial charge >= 0.3 is 0 Å². The van der Waals surface area contributed by atoms with Crippen LogP contribution in [0.2, 0.25) is 0 Å². The summed E-state index contributed by atoms with van der Waals surface area (Å²) in [5.74, 6) is -0.841. The quantitative estimate of drug-likeness (QED) is 0.510. The molecule has 0 N–H and O–H groups in total. The van der Waals surface area contributed by atoms with Crippen LogP contribution in [0.3, 0.4) is 0 Å². The number of hydrogen-bond donors (Lipinski definition) is 0. The summed E-state index contributed by atoms with van der Waals surface area (Å²) in [4.78, 5) is 58.0. The van der Waals surface area contributed by atoms with Gasteiger partial charge in [0.25, 0.3) is 11.8 Å². The molecule has 0 aromatic heterocycles. The van der Waals surface area contributed by atoms with Crippen molar-refractivity contribution in [2.45, 2.75) is 24.9 Å². The normalized spacial score (nSPS) is 24.5. The molecule has 2 aromatic rings. The predicted molar refractivity (Wildman–Crippen MR) is 133 cm³/mol. The van der Waals surface area contributed by atoms with Crippen LogP contribution in [-0.4, -0.2) is 71.7 Å². The van der Waals surface area contributed by atoms with Crippen molar-refractivity contribution in [2.75, 3.05) is 36.0 Å². The second-order valence-corrected chi connectivity index (χ2v) is 10.4. The fourth-order valence-corrected chi connectivity index (χ4v) is 5.41. The maximum absolute atomic E-state index is 13.1. The first kappa shape index (κ1) is 23.3. The Morgan fingerprint density at radius 3 is 1.21 bits per heavy atom. The van der Waals surface area contributed by atoms with Crippen LogP contribution in [0.5, 0.6) is 0 Å². The zero-order valence-corrected chi connectivity index (χ0v) is 21.4. The smallest absolute Gasteiger partial charge is 0.251 e. The van der Waals surface area contributed by atoms with Gasteiger partial charge in [0.2, 0.25) is 11.8 Å². The van der Waals surface area contributed by atoms with Gasteiger partial charge in [-0.15, -0.1) is 0 Å². The van der Waals surface area contributed by atoms with Crippen LogP contribution in [0, 0.1) is 0 Å². The number of benzene rings is 2. The minimum atomic E-state index is -0.501. The molecule has 176 valence electrons. The molecule has 3 aliphatic heterocycles. The van der Waals surface area contributed by atoms with E-state index in [1.54, 1.807) is 48.5 Å². The van der Waals surface area contributed by atoms with Crippen molar-refractivity contribution in [3.8, 4) is 0 Å². The number of anilines is 2. The van der Waals surface area contributed by atoms with E-state index in [1.165, 1.54) is 9.80 Å². The fourth-order valence-electron chi connectivity index (χ4n) is 4.89. The van der Waals surface area contributed by atoms with E-state index in [1.807, 2.05) is 9.80 Å². The molecule has 0 radical (unpaired) electrons. The Hall–Kier alpha value is -2.40. The lowest BCUT2D eigenvalue weighted by Crippen LogP contribution is -2.56. The van der Waals surface area contributed by atoms with E-state index >= 15 is 0 Å². The minimum absolute atomic E-state index is 0.146. The van der Waals surface area contributed by atoms with Crippen molar-refractivity contribution in [2.24, 2.45) is 0 Å². The van der Waals surface area contributed by atoms with Crippen LogP contribution in [0.4, 0.5) is 11.4 Å². The van der Waals surface area contributed by atoms with E-state index < -0.39 is 12.1 Å². The average molecular weight is 590 g/mol. The maximum Gasteiger partial charge on any atom is 0.251 e. The summed E-state index contributed by atoms with van der Waals surface area (Å²) < 4.78 is 1.75. The van der Waals surface area contributed by atoms with Gasteiger partial charge in [0.05, 0.1) is 36.3 Å². The molecule has 0 spiro atoms. The van der Waals surface area contributed by atoms with Gasteiger partial charge < -0.3 is 0 Å². The third-order valence-corrected chi connectivity index (χ3v) is 7.70. The molecule has 34 heavy (non-hydrogen) atoms. The molecule has 2 atom stereocenters. The second kappa shape index (κ2) is 9.33. The molecular weight excluding hydrogens is 568 g/mol. The van der Waals surface area contributed by atoms with Gasteiger partial charge in [-0.05, 0) is 48.5 Å². The molecule has 3 fully saturated rings. The zero-order chi connectivity index (χ0) is 24.0. The first-order chi connectivity index (χ1) is 16.3. The molecule has 3 aliphatic rings. The number of piperazine rings is 1. The number of halogens is 2. The van der Waals surface area contributed by atoms with Crippen LogP contribution in [0.25, 0.3) is 0 Å². The largest absolute Gasteiger partial charge is 0.289 e. The summed E-state index contributed by atoms with van der Waals surface area (Å²) >= 11 is 6.74. The molecule has 0 bridgehead atoms. The van der Waals surface area contributed by atoms with Crippen LogP contribution in [0.15, 0.2) is 57.5 Å². The molecular formula is C24H22Br2N4O4. The maximum atomic E-state index is 13.1. The molecule has 2 unspecified atom stereocenters. The van der Waals surface area contributed by atoms with Gasteiger partial charge in [-0.2, -0.15) is 0 Å². The van der Waals surface area contributed by atoms with E-state index in [0.717, 1.165) is 8.95 Å². The Bertz CT molecular complexity index is 1060. The van der Waals surface area contributed by atoms with E-state index in [2.05, 4.69) is 31.9 Å². The first-order valence-corrected chi connectivity index (χ1v) is 12.6. The monoisotopic (exact) mass is 588 g/mol. The van der Waals surface area contributed by atoms with Crippen molar-refractivity contribution in [1.29, 1.82) is 0 Å². The van der Waals surface area contributed by atoms with Gasteiger partial charge in [-0.3, -0.25) is 29.0 Å². The molecule has 5 rings (SSSR count). The fraction of sp³-hybridized carbons (Fsp3) is 0.333. The average Bonchev–Trinajstić information content (AvgIpc) is 3.29. The molecule has 4 amide bonds. The third kappa shape index (κ3) is 4.24. The highest BCUT2D eigenvalue weighted by molar-refractivity contribution is 9.10. The lowest BCUT2D eigenvalue weighted by atomic mass is 10.1. The van der Waals surface area contributed by atoms with Crippen LogP contribution >= 0.6 is 31.9 Å². The molecule has 3 heterocycles. The summed E-state index contributed by atoms with van der Waals surface area (Å²) in [6, 6.07) is 13.2. The van der Waals surface area contributed by atoms with Crippen LogP contribution < -0.4 is 9.80 Å². The lowest BCUT2D eigenvalue weighted by Gasteiger charge is -2.38. The van der Waals surface area contributed by atoms with Crippen LogP contribution in [0.1, 0.15) is 12.8 Å². The number of rotatable bonds is 4. The Balaban J connectivity index is 1.23. The van der Waals surface area contributed by atoms with E-state index in [-0.39, 0.29) is 36.5 Å². The number of amides is 4. The topological polar surface area (TPSA) is 81.2 Å². The minimum Gasteiger partial charge on any atom is -0.289 e. The SMILES string of the molecule is O=C1CC(N2CCN(C3CC(=O)N(c4ccc(Br)cc4)C3=O)CC2)C(=O)N1c1ccc(Br)cc1. The standard InChI is InChI=1S/C24H22Br2N4O4/c25-15-1-5-17(6-2-15)29-21(31)13-19(23(29)33)27-9-11-28(12-10-27)20-14-22(32)30(24(20)34)18-7-3-16(26)4-8-18/h1-8,19-20H,9-14H2. The first-order valence-electron chi connectivity index (χ1n) is 11.1. The van der Waals surface area contributed by atoms with E-state index in [9.17, 15) is 19.2 Å². The third-order valence-electron chi connectivity index (χ3n) is 6.65. The molecule has 0 saturated carbocycles. The number of carbonyl (C=O) groups is 4. The summed E-state index contributed by atoms with van der Waals surface area (Å²) in [6.07, 6.45) is 0.292. The Morgan fingerprint density at radius 1 is 0.559 bits per heavy atom. The zero-order valence-electron chi connectivity index (χ0n) is 18.2. The highest BCUT2D eigenvalue weighted by atomic mass is 79.9. The summed E-state index contributed by atoms with van der Waals surface area (Å²) in [5, 5.41) is 0. The van der Waals surface area contributed by atoms with Gasteiger partial charge in [-0.25, -0.2) is 9.80 Å². The highest BCUT2D eigenvalue weighted by Crippen LogP contribution is 2.30. The van der Waals surface area contributed by atoms with Gasteiger partial charge in [0.1, 0.15) is 0 Å². The Labute approximate surface area is 213 Å². The summed E-state index contributed by atoms with van der Waals surface area (Å²) in [6.45, 7) is 2.20. The molecule has 10 heteroatoms.